The van der Waals surface area contributed by atoms with Crippen LogP contribution in [0.25, 0.3) is 0 Å². The van der Waals surface area contributed by atoms with Crippen LogP contribution in [0.1, 0.15) is 6.92 Å². The summed E-state index contributed by atoms with van der Waals surface area (Å²) in [5.74, 6) is -0.588. The summed E-state index contributed by atoms with van der Waals surface area (Å²) in [7, 11) is 0. The summed E-state index contributed by atoms with van der Waals surface area (Å²) >= 11 is 1.59. The molecule has 0 saturated heterocycles. The maximum Gasteiger partial charge on any atom is 0.337 e. The van der Waals surface area contributed by atoms with E-state index in [-0.39, 0.29) is 6.54 Å². The maximum atomic E-state index is 11.1. The topological polar surface area (TPSA) is 98.7 Å². The highest BCUT2D eigenvalue weighted by Gasteiger charge is 2.30. The number of hydrogen-bond acceptors (Lipinski definition) is 4. The second-order valence-corrected chi connectivity index (χ2v) is 4.17. The molecule has 0 aliphatic carbocycles. The van der Waals surface area contributed by atoms with Crippen LogP contribution in [-0.2, 0) is 4.79 Å². The van der Waals surface area contributed by atoms with E-state index in [9.17, 15) is 14.7 Å². The number of urea groups is 1. The number of aliphatic carboxylic acids is 1. The molecule has 7 heteroatoms. The van der Waals surface area contributed by atoms with E-state index in [1.54, 1.807) is 11.8 Å². The van der Waals surface area contributed by atoms with Crippen LogP contribution in [0.2, 0.25) is 0 Å². The largest absolute Gasteiger partial charge is 0.479 e. The number of amides is 2. The molecule has 1 atom stereocenters. The molecule has 4 N–H and O–H groups in total. The fourth-order valence-corrected chi connectivity index (χ4v) is 0.963. The quantitative estimate of drug-likeness (QED) is 0.465. The Kier molecular flexibility index (Phi) is 6.11. The molecule has 0 rings (SSSR count). The normalized spacial score (nSPS) is 14.1. The average Bonchev–Trinajstić information content (AvgIpc) is 2.15. The van der Waals surface area contributed by atoms with Gasteiger partial charge in [-0.05, 0) is 13.2 Å². The number of thioether (sulfide) groups is 1. The van der Waals surface area contributed by atoms with E-state index < -0.39 is 17.6 Å². The van der Waals surface area contributed by atoms with E-state index in [4.69, 9.17) is 5.11 Å². The first-order chi connectivity index (χ1) is 6.90. The van der Waals surface area contributed by atoms with Gasteiger partial charge in [-0.2, -0.15) is 11.8 Å². The first-order valence-corrected chi connectivity index (χ1v) is 5.76. The average molecular weight is 236 g/mol. The SMILES string of the molecule is CSCCNC(=O)NCC(C)(O)C(=O)O. The number of aliphatic hydroxyl groups is 1. The summed E-state index contributed by atoms with van der Waals surface area (Å²) < 4.78 is 0. The van der Waals surface area contributed by atoms with E-state index in [0.717, 1.165) is 12.7 Å². The van der Waals surface area contributed by atoms with Gasteiger partial charge in [-0.25, -0.2) is 9.59 Å². The molecule has 0 aliphatic rings. The summed E-state index contributed by atoms with van der Waals surface area (Å²) in [6.07, 6.45) is 1.91. The third-order valence-corrected chi connectivity index (χ3v) is 2.26. The van der Waals surface area contributed by atoms with Crippen molar-refractivity contribution in [1.29, 1.82) is 0 Å². The van der Waals surface area contributed by atoms with E-state index in [1.807, 2.05) is 6.26 Å². The van der Waals surface area contributed by atoms with Crippen molar-refractivity contribution < 1.29 is 19.8 Å². The van der Waals surface area contributed by atoms with E-state index in [1.165, 1.54) is 0 Å². The van der Waals surface area contributed by atoms with Crippen molar-refractivity contribution in [2.24, 2.45) is 0 Å². The van der Waals surface area contributed by atoms with Crippen molar-refractivity contribution in [2.45, 2.75) is 12.5 Å². The van der Waals surface area contributed by atoms with Crippen LogP contribution in [-0.4, -0.2) is 52.9 Å². The Hall–Kier alpha value is -0.950. The second kappa shape index (κ2) is 6.52. The number of rotatable bonds is 6. The van der Waals surface area contributed by atoms with Gasteiger partial charge in [0, 0.05) is 12.3 Å². The molecule has 0 radical (unpaired) electrons. The van der Waals surface area contributed by atoms with Crippen LogP contribution in [0.4, 0.5) is 4.79 Å². The fraction of sp³-hybridized carbons (Fsp3) is 0.750. The van der Waals surface area contributed by atoms with Crippen LogP contribution in [0.3, 0.4) is 0 Å². The second-order valence-electron chi connectivity index (χ2n) is 3.18. The summed E-state index contributed by atoms with van der Waals surface area (Å²) in [5, 5.41) is 22.6. The molecular formula is C8H16N2O4S. The lowest BCUT2D eigenvalue weighted by Crippen LogP contribution is -2.49. The van der Waals surface area contributed by atoms with Crippen molar-refractivity contribution >= 4 is 23.8 Å². The monoisotopic (exact) mass is 236 g/mol. The molecule has 1 unspecified atom stereocenters. The van der Waals surface area contributed by atoms with Gasteiger partial charge in [0.1, 0.15) is 0 Å². The highest BCUT2D eigenvalue weighted by atomic mass is 32.2. The zero-order valence-corrected chi connectivity index (χ0v) is 9.56. The minimum Gasteiger partial charge on any atom is -0.479 e. The molecule has 0 aliphatic heterocycles. The predicted molar refractivity (Wildman–Crippen MR) is 58.0 cm³/mol. The molecule has 0 aromatic rings. The maximum absolute atomic E-state index is 11.1. The molecule has 0 saturated carbocycles. The van der Waals surface area contributed by atoms with Gasteiger partial charge in [0.05, 0.1) is 6.54 Å². The Bertz CT molecular complexity index is 233. The highest BCUT2D eigenvalue weighted by Crippen LogP contribution is 2.00. The van der Waals surface area contributed by atoms with Crippen molar-refractivity contribution in [1.82, 2.24) is 10.6 Å². The summed E-state index contributed by atoms with van der Waals surface area (Å²) in [6, 6.07) is -0.481. The Morgan fingerprint density at radius 1 is 1.40 bits per heavy atom. The van der Waals surface area contributed by atoms with E-state index >= 15 is 0 Å². The van der Waals surface area contributed by atoms with Gasteiger partial charge < -0.3 is 20.8 Å². The molecule has 0 fully saturated rings. The molecule has 0 heterocycles. The van der Waals surface area contributed by atoms with Crippen LogP contribution in [0, 0.1) is 0 Å². The third-order valence-electron chi connectivity index (χ3n) is 1.65. The van der Waals surface area contributed by atoms with Crippen LogP contribution >= 0.6 is 11.8 Å². The van der Waals surface area contributed by atoms with Crippen LogP contribution < -0.4 is 10.6 Å². The molecule has 15 heavy (non-hydrogen) atoms. The van der Waals surface area contributed by atoms with E-state index in [2.05, 4.69) is 10.6 Å². The molecule has 0 aromatic heterocycles. The Balaban J connectivity index is 3.75. The van der Waals surface area contributed by atoms with Gasteiger partial charge in [-0.3, -0.25) is 0 Å². The molecule has 2 amide bonds. The van der Waals surface area contributed by atoms with Gasteiger partial charge in [0.15, 0.2) is 5.60 Å². The van der Waals surface area contributed by atoms with Gasteiger partial charge in [0.25, 0.3) is 0 Å². The first-order valence-electron chi connectivity index (χ1n) is 4.36. The smallest absolute Gasteiger partial charge is 0.337 e. The summed E-state index contributed by atoms with van der Waals surface area (Å²) in [6.45, 7) is 1.30. The van der Waals surface area contributed by atoms with Crippen molar-refractivity contribution in [3.8, 4) is 0 Å². The first kappa shape index (κ1) is 14.1. The molecule has 0 aromatic carbocycles. The van der Waals surface area contributed by atoms with Crippen LogP contribution in [0.15, 0.2) is 0 Å². The van der Waals surface area contributed by atoms with Crippen molar-refractivity contribution in [3.05, 3.63) is 0 Å². The molecule has 88 valence electrons. The standard InChI is InChI=1S/C8H16N2O4S/c1-8(14,6(11)12)5-10-7(13)9-3-4-15-2/h14H,3-5H2,1-2H3,(H,11,12)(H2,9,10,13). The lowest BCUT2D eigenvalue weighted by atomic mass is 10.1. The lowest BCUT2D eigenvalue weighted by Gasteiger charge is -2.18. The number of carboxylic acids is 1. The number of carbonyl (C=O) groups excluding carboxylic acids is 1. The lowest BCUT2D eigenvalue weighted by molar-refractivity contribution is -0.155. The number of carbonyl (C=O) groups is 2. The van der Waals surface area contributed by atoms with E-state index in [0.29, 0.717) is 6.54 Å². The van der Waals surface area contributed by atoms with Crippen LogP contribution in [0.5, 0.6) is 0 Å². The number of carboxylic acid groups (broad SMARTS) is 1. The number of nitrogens with one attached hydrogen (secondary N) is 2. The summed E-state index contributed by atoms with van der Waals surface area (Å²) in [4.78, 5) is 21.5. The Morgan fingerprint density at radius 2 is 2.00 bits per heavy atom. The van der Waals surface area contributed by atoms with Crippen molar-refractivity contribution in [2.75, 3.05) is 25.1 Å². The summed E-state index contributed by atoms with van der Waals surface area (Å²) in [5.41, 5.74) is -1.93. The fourth-order valence-electron chi connectivity index (χ4n) is 0.657. The number of hydrogen-bond donors (Lipinski definition) is 4. The van der Waals surface area contributed by atoms with Gasteiger partial charge >= 0.3 is 12.0 Å². The van der Waals surface area contributed by atoms with Gasteiger partial charge in [0.2, 0.25) is 0 Å². The van der Waals surface area contributed by atoms with Gasteiger partial charge in [-0.15, -0.1) is 0 Å². The highest BCUT2D eigenvalue weighted by molar-refractivity contribution is 7.98. The zero-order valence-electron chi connectivity index (χ0n) is 8.74. The Labute approximate surface area is 92.4 Å². The van der Waals surface area contributed by atoms with Crippen molar-refractivity contribution in [3.63, 3.8) is 0 Å². The third kappa shape index (κ3) is 6.19. The minimum atomic E-state index is -1.93. The van der Waals surface area contributed by atoms with Gasteiger partial charge in [-0.1, -0.05) is 0 Å². The predicted octanol–water partition coefficient (Wildman–Crippen LogP) is -0.516. The Morgan fingerprint density at radius 3 is 2.47 bits per heavy atom. The zero-order chi connectivity index (χ0) is 11.9. The molecule has 6 nitrogen and oxygen atoms in total. The molecular weight excluding hydrogens is 220 g/mol. The minimum absolute atomic E-state index is 0.326. The molecule has 0 bridgehead atoms. The molecule has 0 spiro atoms.